The molecule has 0 radical (unpaired) electrons. The fourth-order valence-electron chi connectivity index (χ4n) is 3.68. The molecule has 0 saturated heterocycles. The van der Waals surface area contributed by atoms with Crippen LogP contribution in [0.3, 0.4) is 0 Å². The number of ether oxygens (including phenoxy) is 6. The second-order valence-corrected chi connectivity index (χ2v) is 10.9. The van der Waals surface area contributed by atoms with E-state index in [4.69, 9.17) is 28.4 Å². The molecule has 0 aliphatic carbocycles. The van der Waals surface area contributed by atoms with Crippen molar-refractivity contribution >= 4 is 30.3 Å². The largest absolute Gasteiger partial charge is 0.459 e. The Bertz CT molecular complexity index is 894. The molecule has 0 aromatic carbocycles. The minimum absolute atomic E-state index is 0.00435. The van der Waals surface area contributed by atoms with E-state index in [1.165, 1.54) is 0 Å². The van der Waals surface area contributed by atoms with E-state index in [0.29, 0.717) is 64.7 Å². The Morgan fingerprint density at radius 1 is 0.460 bits per heavy atom. The van der Waals surface area contributed by atoms with Gasteiger partial charge >= 0.3 is 30.3 Å². The number of carbonyl (C=O) groups excluding carboxylic acids is 5. The van der Waals surface area contributed by atoms with Gasteiger partial charge in [0.05, 0.1) is 13.2 Å². The lowest BCUT2D eigenvalue weighted by molar-refractivity contribution is -0.139. The van der Waals surface area contributed by atoms with Gasteiger partial charge in [-0.2, -0.15) is 0 Å². The third kappa shape index (κ3) is 38.7. The molecule has 16 heteroatoms. The first kappa shape index (κ1) is 48.3. The minimum Gasteiger partial charge on any atom is -0.459 e. The van der Waals surface area contributed by atoms with Crippen LogP contribution in [0.2, 0.25) is 0 Å². The van der Waals surface area contributed by atoms with Crippen molar-refractivity contribution in [2.75, 3.05) is 85.5 Å². The van der Waals surface area contributed by atoms with Gasteiger partial charge in [0.2, 0.25) is 0 Å². The number of hydrogen-bond donors (Lipinski definition) is 5. The van der Waals surface area contributed by atoms with Crippen LogP contribution in [0.5, 0.6) is 0 Å². The monoisotopic (exact) mass is 719 g/mol. The van der Waals surface area contributed by atoms with E-state index in [1.807, 2.05) is 6.92 Å². The van der Waals surface area contributed by atoms with Crippen LogP contribution in [0.1, 0.15) is 91.9 Å². The van der Waals surface area contributed by atoms with Crippen molar-refractivity contribution in [3.05, 3.63) is 12.2 Å². The molecule has 0 aromatic rings. The van der Waals surface area contributed by atoms with Crippen LogP contribution in [-0.2, 0) is 33.2 Å². The van der Waals surface area contributed by atoms with Crippen molar-refractivity contribution in [2.45, 2.75) is 91.9 Å². The number of carbonyl (C=O) groups is 5. The predicted molar refractivity (Wildman–Crippen MR) is 190 cm³/mol. The molecule has 0 unspecified atom stereocenters. The molecule has 0 aliphatic heterocycles. The fraction of sp³-hybridized carbons (Fsp3) is 0.794. The molecule has 0 saturated carbocycles. The van der Waals surface area contributed by atoms with Gasteiger partial charge in [-0.1, -0.05) is 45.6 Å². The molecule has 16 nitrogen and oxygen atoms in total. The summed E-state index contributed by atoms with van der Waals surface area (Å²) in [6.45, 7) is 16.8. The lowest BCUT2D eigenvalue weighted by Gasteiger charge is -2.08. The molecule has 0 spiro atoms. The Hall–Kier alpha value is -3.79. The standard InChI is InChI=1S/C18H37N3O5.C16H28N2O6/c1-3-5-10-19-13-14-25-17(22)20-11-8-6-7-9-12-21-18(23)26-16-15-24-4-2;1-4-22-15(20)17-9-7-5-6-8-10-18-16(21)24-12-11-23-14(19)13(2)3/h19H,3-16H2,1-2H3,(H,20,22)(H,21,23);2,4-12H2,1,3H3,(H,17,20)(H,18,21). The summed E-state index contributed by atoms with van der Waals surface area (Å²) < 4.78 is 29.4. The minimum atomic E-state index is -0.537. The van der Waals surface area contributed by atoms with Crippen LogP contribution in [0.15, 0.2) is 12.2 Å². The highest BCUT2D eigenvalue weighted by Gasteiger charge is 2.06. The van der Waals surface area contributed by atoms with E-state index in [1.54, 1.807) is 13.8 Å². The Balaban J connectivity index is 0. The SMILES string of the molecule is C=C(C)C(=O)OCCOC(=O)NCCCCCCNC(=O)OCC.CCCCNCCOC(=O)NCCCCCCNC(=O)OCCOCC. The Morgan fingerprint density at radius 3 is 1.30 bits per heavy atom. The van der Waals surface area contributed by atoms with Crippen molar-refractivity contribution in [1.82, 2.24) is 26.6 Å². The van der Waals surface area contributed by atoms with E-state index in [2.05, 4.69) is 40.1 Å². The molecule has 4 amide bonds. The summed E-state index contributed by atoms with van der Waals surface area (Å²) in [5, 5.41) is 13.9. The first-order valence-electron chi connectivity index (χ1n) is 17.9. The number of nitrogens with one attached hydrogen (secondary N) is 5. The number of unbranched alkanes of at least 4 members (excludes halogenated alkanes) is 7. The molecule has 5 N–H and O–H groups in total. The van der Waals surface area contributed by atoms with Gasteiger partial charge in [0, 0.05) is 44.9 Å². The summed E-state index contributed by atoms with van der Waals surface area (Å²) in [6.07, 6.45) is 7.89. The molecule has 0 heterocycles. The average molecular weight is 720 g/mol. The maximum atomic E-state index is 11.4. The lowest BCUT2D eigenvalue weighted by atomic mass is 10.2. The van der Waals surface area contributed by atoms with Gasteiger partial charge in [0.25, 0.3) is 0 Å². The Labute approximate surface area is 298 Å². The van der Waals surface area contributed by atoms with Crippen LogP contribution in [-0.4, -0.2) is 116 Å². The van der Waals surface area contributed by atoms with Crippen molar-refractivity contribution in [3.63, 3.8) is 0 Å². The molecule has 0 rings (SSSR count). The van der Waals surface area contributed by atoms with Crippen molar-refractivity contribution < 1.29 is 52.4 Å². The van der Waals surface area contributed by atoms with E-state index in [9.17, 15) is 24.0 Å². The van der Waals surface area contributed by atoms with E-state index in [-0.39, 0.29) is 25.9 Å². The van der Waals surface area contributed by atoms with Crippen molar-refractivity contribution in [3.8, 4) is 0 Å². The molecule has 0 fully saturated rings. The van der Waals surface area contributed by atoms with Gasteiger partial charge in [0.1, 0.15) is 26.4 Å². The summed E-state index contributed by atoms with van der Waals surface area (Å²) in [4.78, 5) is 56.2. The van der Waals surface area contributed by atoms with E-state index in [0.717, 1.165) is 70.8 Å². The zero-order chi connectivity index (χ0) is 37.5. The Morgan fingerprint density at radius 2 is 0.880 bits per heavy atom. The molecular weight excluding hydrogens is 654 g/mol. The van der Waals surface area contributed by atoms with E-state index < -0.39 is 24.2 Å². The van der Waals surface area contributed by atoms with Crippen LogP contribution >= 0.6 is 0 Å². The smallest absolute Gasteiger partial charge is 0.407 e. The van der Waals surface area contributed by atoms with Gasteiger partial charge in [0.15, 0.2) is 0 Å². The van der Waals surface area contributed by atoms with Crippen LogP contribution in [0.4, 0.5) is 19.2 Å². The molecule has 0 bridgehead atoms. The number of alkyl carbamates (subject to hydrolysis) is 4. The van der Waals surface area contributed by atoms with Gasteiger partial charge in [-0.3, -0.25) is 0 Å². The Kier molecular flexibility index (Phi) is 36.7. The quantitative estimate of drug-likeness (QED) is 0.0313. The van der Waals surface area contributed by atoms with Crippen LogP contribution in [0.25, 0.3) is 0 Å². The predicted octanol–water partition coefficient (Wildman–Crippen LogP) is 4.56. The molecular formula is C34H65N5O11. The number of rotatable bonds is 29. The van der Waals surface area contributed by atoms with Gasteiger partial charge in [-0.15, -0.1) is 0 Å². The normalized spacial score (nSPS) is 10.1. The first-order chi connectivity index (χ1) is 24.2. The number of hydrogen-bond acceptors (Lipinski definition) is 12. The summed E-state index contributed by atoms with van der Waals surface area (Å²) >= 11 is 0. The third-order valence-corrected chi connectivity index (χ3v) is 6.34. The molecule has 0 atom stereocenters. The maximum Gasteiger partial charge on any atom is 0.407 e. The fourth-order valence-corrected chi connectivity index (χ4v) is 3.68. The van der Waals surface area contributed by atoms with Crippen LogP contribution in [0, 0.1) is 0 Å². The number of amides is 4. The highest BCUT2D eigenvalue weighted by molar-refractivity contribution is 5.86. The van der Waals surface area contributed by atoms with Gasteiger partial charge in [-0.25, -0.2) is 24.0 Å². The lowest BCUT2D eigenvalue weighted by Crippen LogP contribution is -2.29. The summed E-state index contributed by atoms with van der Waals surface area (Å²) in [5.41, 5.74) is 0.303. The summed E-state index contributed by atoms with van der Waals surface area (Å²) in [7, 11) is 0. The van der Waals surface area contributed by atoms with Crippen molar-refractivity contribution in [2.24, 2.45) is 0 Å². The second kappa shape index (κ2) is 38.0. The number of esters is 1. The summed E-state index contributed by atoms with van der Waals surface area (Å²) in [6, 6.07) is 0. The third-order valence-electron chi connectivity index (χ3n) is 6.34. The van der Waals surface area contributed by atoms with Gasteiger partial charge < -0.3 is 55.0 Å². The summed E-state index contributed by atoms with van der Waals surface area (Å²) in [5.74, 6) is -0.503. The van der Waals surface area contributed by atoms with E-state index >= 15 is 0 Å². The molecule has 292 valence electrons. The zero-order valence-corrected chi connectivity index (χ0v) is 31.0. The first-order valence-corrected chi connectivity index (χ1v) is 17.9. The van der Waals surface area contributed by atoms with Crippen molar-refractivity contribution in [1.29, 1.82) is 0 Å². The topological polar surface area (TPSA) is 201 Å². The maximum absolute atomic E-state index is 11.4. The molecule has 0 aliphatic rings. The molecule has 0 aromatic heterocycles. The molecule has 50 heavy (non-hydrogen) atoms. The highest BCUT2D eigenvalue weighted by atomic mass is 16.6. The zero-order valence-electron chi connectivity index (χ0n) is 31.0. The average Bonchev–Trinajstić information content (AvgIpc) is 3.09. The highest BCUT2D eigenvalue weighted by Crippen LogP contribution is 1.99. The van der Waals surface area contributed by atoms with Gasteiger partial charge in [-0.05, 0) is 59.4 Å². The second-order valence-electron chi connectivity index (χ2n) is 10.9. The van der Waals surface area contributed by atoms with Crippen LogP contribution < -0.4 is 26.6 Å².